The van der Waals surface area contributed by atoms with Crippen molar-refractivity contribution in [3.8, 4) is 5.75 Å². The zero-order chi connectivity index (χ0) is 19.7. The first kappa shape index (κ1) is 16.7. The molecule has 0 saturated heterocycles. The van der Waals surface area contributed by atoms with E-state index in [1.807, 2.05) is 25.3 Å². The van der Waals surface area contributed by atoms with Crippen LogP contribution in [0.5, 0.6) is 5.75 Å². The highest BCUT2D eigenvalue weighted by Gasteiger charge is 2.58. The normalized spacial score (nSPS) is 21.5. The number of hydrogen-bond donors (Lipinski definition) is 0. The summed E-state index contributed by atoms with van der Waals surface area (Å²) >= 11 is 0. The summed E-state index contributed by atoms with van der Waals surface area (Å²) in [6, 6.07) is 12.9. The highest BCUT2D eigenvalue weighted by Crippen LogP contribution is 2.55. The van der Waals surface area contributed by atoms with E-state index >= 15 is 0 Å². The van der Waals surface area contributed by atoms with Gasteiger partial charge in [-0.25, -0.2) is 0 Å². The third kappa shape index (κ3) is 1.94. The van der Waals surface area contributed by atoms with Crippen molar-refractivity contribution in [2.45, 2.75) is 25.0 Å². The van der Waals surface area contributed by atoms with Gasteiger partial charge in [0.1, 0.15) is 5.75 Å². The van der Waals surface area contributed by atoms with Crippen molar-refractivity contribution in [1.29, 1.82) is 0 Å². The lowest BCUT2D eigenvalue weighted by molar-refractivity contribution is -0.384. The van der Waals surface area contributed by atoms with Crippen LogP contribution in [0.2, 0.25) is 0 Å². The molecule has 28 heavy (non-hydrogen) atoms. The van der Waals surface area contributed by atoms with Crippen LogP contribution >= 0.6 is 0 Å². The largest absolute Gasteiger partial charge is 0.463 e. The minimum Gasteiger partial charge on any atom is -0.463 e. The molecule has 6 heteroatoms. The van der Waals surface area contributed by atoms with Gasteiger partial charge >= 0.3 is 0 Å². The summed E-state index contributed by atoms with van der Waals surface area (Å²) in [6.45, 7) is 4.32. The van der Waals surface area contributed by atoms with Crippen molar-refractivity contribution < 1.29 is 9.66 Å². The number of ether oxygens (including phenoxy) is 1. The number of fused-ring (bicyclic) bond motifs is 4. The molecule has 5 rings (SSSR count). The Balaban J connectivity index is 1.70. The number of likely N-dealkylation sites (N-methyl/N-ethyl adjacent to an activating group) is 1. The second-order valence-electron chi connectivity index (χ2n) is 7.83. The molecular weight excluding hydrogens is 354 g/mol. The Morgan fingerprint density at radius 3 is 2.79 bits per heavy atom. The first-order valence-electron chi connectivity index (χ1n) is 9.14. The van der Waals surface area contributed by atoms with E-state index in [1.165, 1.54) is 6.07 Å². The van der Waals surface area contributed by atoms with E-state index in [2.05, 4.69) is 41.9 Å². The van der Waals surface area contributed by atoms with Gasteiger partial charge in [-0.15, -0.1) is 0 Å². The molecule has 140 valence electrons. The summed E-state index contributed by atoms with van der Waals surface area (Å²) in [5.41, 5.74) is 2.82. The highest BCUT2D eigenvalue weighted by atomic mass is 16.6. The van der Waals surface area contributed by atoms with Crippen LogP contribution in [0.1, 0.15) is 25.0 Å². The van der Waals surface area contributed by atoms with Gasteiger partial charge in [0.2, 0.25) is 5.72 Å². The second-order valence-corrected chi connectivity index (χ2v) is 7.83. The summed E-state index contributed by atoms with van der Waals surface area (Å²) in [7, 11) is 2.02. The maximum Gasteiger partial charge on any atom is 0.270 e. The topological polar surface area (TPSA) is 68.5 Å². The van der Waals surface area contributed by atoms with Crippen molar-refractivity contribution in [1.82, 2.24) is 4.98 Å². The van der Waals surface area contributed by atoms with E-state index < -0.39 is 10.6 Å². The van der Waals surface area contributed by atoms with Crippen LogP contribution in [0.4, 0.5) is 11.4 Å². The number of nitro benzene ring substituents is 1. The van der Waals surface area contributed by atoms with E-state index in [1.54, 1.807) is 18.3 Å². The number of aromatic nitrogens is 1. The van der Waals surface area contributed by atoms with Crippen molar-refractivity contribution >= 4 is 28.4 Å². The van der Waals surface area contributed by atoms with Crippen LogP contribution in [-0.2, 0) is 5.41 Å². The standard InChI is InChI=1S/C22H19N3O3/c1-21(2)17-8-6-14-5-4-12-23-19(14)20(17)24(3)22(21)11-10-15-13-16(25(26)27)7-9-18(15)28-22/h4-13H,1-3H3/t22-/m1/s1. The highest BCUT2D eigenvalue weighted by molar-refractivity contribution is 5.95. The lowest BCUT2D eigenvalue weighted by Gasteiger charge is -2.45. The van der Waals surface area contributed by atoms with Gasteiger partial charge in [-0.2, -0.15) is 0 Å². The summed E-state index contributed by atoms with van der Waals surface area (Å²) < 4.78 is 6.56. The molecule has 0 N–H and O–H groups in total. The summed E-state index contributed by atoms with van der Waals surface area (Å²) in [4.78, 5) is 17.5. The van der Waals surface area contributed by atoms with Gasteiger partial charge in [0, 0.05) is 36.3 Å². The zero-order valence-electron chi connectivity index (χ0n) is 15.8. The van der Waals surface area contributed by atoms with E-state index in [4.69, 9.17) is 4.74 Å². The van der Waals surface area contributed by atoms with Gasteiger partial charge in [0.15, 0.2) is 0 Å². The van der Waals surface area contributed by atoms with Gasteiger partial charge in [-0.1, -0.05) is 18.2 Å². The molecular formula is C22H19N3O3. The Labute approximate surface area is 162 Å². The number of hydrogen-bond acceptors (Lipinski definition) is 5. The van der Waals surface area contributed by atoms with E-state index in [9.17, 15) is 10.1 Å². The SMILES string of the molecule is CN1c2c(ccc3cccnc23)C(C)(C)[C@]12C=Cc1cc([N+](=O)[O-])ccc1O2. The predicted molar refractivity (Wildman–Crippen MR) is 109 cm³/mol. The van der Waals surface area contributed by atoms with E-state index in [0.29, 0.717) is 11.3 Å². The maximum atomic E-state index is 11.1. The molecule has 3 heterocycles. The molecule has 2 aromatic carbocycles. The Bertz CT molecular complexity index is 1180. The molecule has 0 amide bonds. The maximum absolute atomic E-state index is 11.1. The number of anilines is 1. The lowest BCUT2D eigenvalue weighted by Crippen LogP contribution is -2.58. The molecule has 2 aliphatic heterocycles. The van der Waals surface area contributed by atoms with Gasteiger partial charge in [-0.05, 0) is 43.7 Å². The van der Waals surface area contributed by atoms with Gasteiger partial charge in [-0.3, -0.25) is 15.1 Å². The van der Waals surface area contributed by atoms with Crippen molar-refractivity contribution in [2.75, 3.05) is 11.9 Å². The molecule has 0 aliphatic carbocycles. The number of nitrogens with zero attached hydrogens (tertiary/aromatic N) is 3. The van der Waals surface area contributed by atoms with Crippen LogP contribution < -0.4 is 9.64 Å². The van der Waals surface area contributed by atoms with Gasteiger partial charge < -0.3 is 9.64 Å². The monoisotopic (exact) mass is 373 g/mol. The minimum absolute atomic E-state index is 0.0560. The third-order valence-electron chi connectivity index (χ3n) is 6.11. The van der Waals surface area contributed by atoms with E-state index in [-0.39, 0.29) is 11.1 Å². The lowest BCUT2D eigenvalue weighted by atomic mass is 9.76. The molecule has 0 saturated carbocycles. The number of nitro groups is 1. The fourth-order valence-corrected chi connectivity index (χ4v) is 4.55. The molecule has 0 radical (unpaired) electrons. The average molecular weight is 373 g/mol. The van der Waals surface area contributed by atoms with Crippen molar-refractivity contribution in [3.05, 3.63) is 76.0 Å². The summed E-state index contributed by atoms with van der Waals surface area (Å²) in [5, 5.41) is 12.2. The predicted octanol–water partition coefficient (Wildman–Crippen LogP) is 4.67. The Morgan fingerprint density at radius 1 is 1.18 bits per heavy atom. The molecule has 1 aromatic heterocycles. The number of rotatable bonds is 1. The fraction of sp³-hybridized carbons (Fsp3) is 0.227. The third-order valence-corrected chi connectivity index (χ3v) is 6.11. The van der Waals surface area contributed by atoms with Gasteiger partial charge in [0.25, 0.3) is 5.69 Å². The number of benzene rings is 2. The quantitative estimate of drug-likeness (QED) is 0.458. The molecule has 2 aliphatic rings. The fourth-order valence-electron chi connectivity index (χ4n) is 4.55. The zero-order valence-corrected chi connectivity index (χ0v) is 15.8. The van der Waals surface area contributed by atoms with Crippen LogP contribution in [0, 0.1) is 10.1 Å². The van der Waals surface area contributed by atoms with Gasteiger partial charge in [0.05, 0.1) is 21.5 Å². The minimum atomic E-state index is -0.746. The number of pyridine rings is 1. The molecule has 0 bridgehead atoms. The first-order valence-corrected chi connectivity index (χ1v) is 9.14. The van der Waals surface area contributed by atoms with Crippen molar-refractivity contribution in [2.24, 2.45) is 0 Å². The van der Waals surface area contributed by atoms with Crippen LogP contribution in [0.15, 0.2) is 54.7 Å². The first-order chi connectivity index (χ1) is 13.3. The molecule has 0 fully saturated rings. The number of non-ortho nitro benzene ring substituents is 1. The van der Waals surface area contributed by atoms with E-state index in [0.717, 1.165) is 22.2 Å². The molecule has 3 aromatic rings. The van der Waals surface area contributed by atoms with Crippen molar-refractivity contribution in [3.63, 3.8) is 0 Å². The molecule has 6 nitrogen and oxygen atoms in total. The van der Waals surface area contributed by atoms with Crippen LogP contribution in [0.3, 0.4) is 0 Å². The van der Waals surface area contributed by atoms with Crippen LogP contribution in [0.25, 0.3) is 17.0 Å². The summed E-state index contributed by atoms with van der Waals surface area (Å²) in [6.07, 6.45) is 5.74. The van der Waals surface area contributed by atoms with Crippen LogP contribution in [-0.4, -0.2) is 22.7 Å². The Morgan fingerprint density at radius 2 is 2.00 bits per heavy atom. The second kappa shape index (κ2) is 5.32. The smallest absolute Gasteiger partial charge is 0.270 e. The molecule has 0 unspecified atom stereocenters. The Hall–Kier alpha value is -3.41. The summed E-state index contributed by atoms with van der Waals surface area (Å²) in [5.74, 6) is 0.637. The molecule has 1 spiro atoms. The Kier molecular flexibility index (Phi) is 3.18. The molecule has 1 atom stereocenters. The average Bonchev–Trinajstić information content (AvgIpc) is 2.86.